The highest BCUT2D eigenvalue weighted by molar-refractivity contribution is 7.90. The number of aliphatic hydroxyl groups is 1. The van der Waals surface area contributed by atoms with Crippen LogP contribution in [0.25, 0.3) is 0 Å². The molecule has 2 aromatic carbocycles. The fourth-order valence-electron chi connectivity index (χ4n) is 2.20. The SMILES string of the molecule is Cc1ccc(Oc2ccc(N(C[C@H](O)C(N)=O)S(=O)(=O)N(C)C)cc2)cc1. The lowest BCUT2D eigenvalue weighted by molar-refractivity contribution is -0.125. The zero-order valence-corrected chi connectivity index (χ0v) is 16.2. The number of aryl methyl sites for hydroxylation is 1. The van der Waals surface area contributed by atoms with Gasteiger partial charge in [0.05, 0.1) is 12.2 Å². The van der Waals surface area contributed by atoms with Crippen LogP contribution in [0.15, 0.2) is 48.5 Å². The number of benzene rings is 2. The summed E-state index contributed by atoms with van der Waals surface area (Å²) in [4.78, 5) is 11.2. The Bertz CT molecular complexity index is 880. The highest BCUT2D eigenvalue weighted by atomic mass is 32.2. The second-order valence-electron chi connectivity index (χ2n) is 6.15. The van der Waals surface area contributed by atoms with Gasteiger partial charge >= 0.3 is 10.2 Å². The molecule has 3 N–H and O–H groups in total. The Labute approximate surface area is 159 Å². The first-order valence-electron chi connectivity index (χ1n) is 8.13. The molecule has 0 saturated heterocycles. The van der Waals surface area contributed by atoms with Crippen molar-refractivity contribution in [2.24, 2.45) is 5.73 Å². The third kappa shape index (κ3) is 5.19. The van der Waals surface area contributed by atoms with Crippen LogP contribution in [0, 0.1) is 6.92 Å². The monoisotopic (exact) mass is 393 g/mol. The largest absolute Gasteiger partial charge is 0.457 e. The first kappa shape index (κ1) is 20.7. The highest BCUT2D eigenvalue weighted by Gasteiger charge is 2.29. The quantitative estimate of drug-likeness (QED) is 0.701. The maximum atomic E-state index is 12.6. The molecule has 2 rings (SSSR count). The Morgan fingerprint density at radius 3 is 2.00 bits per heavy atom. The number of hydrogen-bond acceptors (Lipinski definition) is 5. The van der Waals surface area contributed by atoms with Gasteiger partial charge in [0.15, 0.2) is 6.10 Å². The average Bonchev–Trinajstić information content (AvgIpc) is 2.62. The fourth-order valence-corrected chi connectivity index (χ4v) is 3.31. The summed E-state index contributed by atoms with van der Waals surface area (Å²) in [5, 5.41) is 9.75. The standard InChI is InChI=1S/C18H23N3O5S/c1-13-4-8-15(9-5-13)26-16-10-6-14(7-11-16)21(12-17(22)18(19)23)27(24,25)20(2)3/h4-11,17,22H,12H2,1-3H3,(H2,19,23)/t17-/m0/s1. The third-order valence-electron chi connectivity index (χ3n) is 3.79. The Balaban J connectivity index is 2.27. The number of aliphatic hydroxyl groups excluding tert-OH is 1. The molecule has 146 valence electrons. The molecule has 8 nitrogen and oxygen atoms in total. The zero-order valence-electron chi connectivity index (χ0n) is 15.4. The number of nitrogens with two attached hydrogens (primary N) is 1. The summed E-state index contributed by atoms with van der Waals surface area (Å²) in [6, 6.07) is 13.7. The van der Waals surface area contributed by atoms with Gasteiger partial charge in [-0.05, 0) is 43.3 Å². The summed E-state index contributed by atoms with van der Waals surface area (Å²) in [6.45, 7) is 1.48. The average molecular weight is 393 g/mol. The summed E-state index contributed by atoms with van der Waals surface area (Å²) in [5.74, 6) is 0.156. The van der Waals surface area contributed by atoms with Crippen molar-refractivity contribution in [3.8, 4) is 11.5 Å². The molecule has 9 heteroatoms. The van der Waals surface area contributed by atoms with E-state index in [1.807, 2.05) is 31.2 Å². The van der Waals surface area contributed by atoms with E-state index in [4.69, 9.17) is 10.5 Å². The van der Waals surface area contributed by atoms with E-state index in [0.29, 0.717) is 11.5 Å². The summed E-state index contributed by atoms with van der Waals surface area (Å²) in [5.41, 5.74) is 6.43. The molecule has 1 atom stereocenters. The van der Waals surface area contributed by atoms with Gasteiger partial charge in [-0.15, -0.1) is 0 Å². The number of hydrogen-bond donors (Lipinski definition) is 2. The van der Waals surface area contributed by atoms with Crippen LogP contribution < -0.4 is 14.8 Å². The Hall–Kier alpha value is -2.62. The van der Waals surface area contributed by atoms with E-state index in [1.165, 1.54) is 26.2 Å². The summed E-state index contributed by atoms with van der Waals surface area (Å²) in [6.07, 6.45) is -1.64. The molecule has 0 heterocycles. The van der Waals surface area contributed by atoms with E-state index in [0.717, 1.165) is 14.2 Å². The molecule has 0 radical (unpaired) electrons. The smallest absolute Gasteiger partial charge is 0.303 e. The molecule has 0 aromatic heterocycles. The van der Waals surface area contributed by atoms with Crippen molar-refractivity contribution >= 4 is 21.8 Å². The molecule has 1 amide bonds. The molecule has 0 fully saturated rings. The van der Waals surface area contributed by atoms with Gasteiger partial charge in [0.25, 0.3) is 0 Å². The van der Waals surface area contributed by atoms with E-state index in [9.17, 15) is 18.3 Å². The second kappa shape index (κ2) is 8.38. The summed E-state index contributed by atoms with van der Waals surface area (Å²) >= 11 is 0. The van der Waals surface area contributed by atoms with Crippen molar-refractivity contribution in [1.82, 2.24) is 4.31 Å². The van der Waals surface area contributed by atoms with Crippen LogP contribution in [0.4, 0.5) is 5.69 Å². The molecule has 0 unspecified atom stereocenters. The van der Waals surface area contributed by atoms with Crippen molar-refractivity contribution in [1.29, 1.82) is 0 Å². The number of carbonyl (C=O) groups is 1. The second-order valence-corrected chi connectivity index (χ2v) is 8.22. The number of nitrogens with zero attached hydrogens (tertiary/aromatic N) is 2. The lowest BCUT2D eigenvalue weighted by atomic mass is 10.2. The number of amides is 1. The first-order chi connectivity index (χ1) is 12.6. The molecule has 0 aliphatic carbocycles. The predicted octanol–water partition coefficient (Wildman–Crippen LogP) is 1.25. The lowest BCUT2D eigenvalue weighted by Gasteiger charge is -2.28. The lowest BCUT2D eigenvalue weighted by Crippen LogP contribution is -2.47. The number of rotatable bonds is 8. The molecule has 2 aromatic rings. The first-order valence-corrected chi connectivity index (χ1v) is 9.53. The van der Waals surface area contributed by atoms with Gasteiger partial charge in [-0.1, -0.05) is 17.7 Å². The van der Waals surface area contributed by atoms with Crippen LogP contribution in [-0.2, 0) is 15.0 Å². The normalized spacial score (nSPS) is 12.6. The van der Waals surface area contributed by atoms with Gasteiger partial charge in [0, 0.05) is 14.1 Å². The maximum Gasteiger partial charge on any atom is 0.303 e. The van der Waals surface area contributed by atoms with Crippen molar-refractivity contribution in [3.05, 3.63) is 54.1 Å². The highest BCUT2D eigenvalue weighted by Crippen LogP contribution is 2.26. The zero-order chi connectivity index (χ0) is 20.2. The molecule has 0 bridgehead atoms. The minimum atomic E-state index is -3.94. The summed E-state index contributed by atoms with van der Waals surface area (Å²) in [7, 11) is -1.23. The fraction of sp³-hybridized carbons (Fsp3) is 0.278. The van der Waals surface area contributed by atoms with Crippen molar-refractivity contribution in [2.45, 2.75) is 13.0 Å². The molecule has 0 saturated carbocycles. The van der Waals surface area contributed by atoms with Crippen molar-refractivity contribution in [3.63, 3.8) is 0 Å². The topological polar surface area (TPSA) is 113 Å². The number of primary amides is 1. The van der Waals surface area contributed by atoms with Gasteiger partial charge in [0.2, 0.25) is 5.91 Å². The third-order valence-corrected chi connectivity index (χ3v) is 5.63. The van der Waals surface area contributed by atoms with Crippen LogP contribution in [0.3, 0.4) is 0 Å². The maximum absolute atomic E-state index is 12.6. The van der Waals surface area contributed by atoms with Crippen LogP contribution in [0.2, 0.25) is 0 Å². The molecule has 0 aliphatic heterocycles. The predicted molar refractivity (Wildman–Crippen MR) is 103 cm³/mol. The molecule has 0 spiro atoms. The van der Waals surface area contributed by atoms with E-state index in [2.05, 4.69) is 0 Å². The number of anilines is 1. The molecule has 0 aliphatic rings. The summed E-state index contributed by atoms with van der Waals surface area (Å²) < 4.78 is 32.7. The minimum absolute atomic E-state index is 0.264. The van der Waals surface area contributed by atoms with E-state index in [-0.39, 0.29) is 5.69 Å². The van der Waals surface area contributed by atoms with Gasteiger partial charge in [-0.2, -0.15) is 12.7 Å². The molecule has 27 heavy (non-hydrogen) atoms. The van der Waals surface area contributed by atoms with Crippen LogP contribution in [0.5, 0.6) is 11.5 Å². The van der Waals surface area contributed by atoms with Gasteiger partial charge in [0.1, 0.15) is 11.5 Å². The Morgan fingerprint density at radius 1 is 1.07 bits per heavy atom. The Kier molecular flexibility index (Phi) is 6.42. The van der Waals surface area contributed by atoms with Crippen molar-refractivity contribution < 1.29 is 23.1 Å². The van der Waals surface area contributed by atoms with Gasteiger partial charge in [-0.25, -0.2) is 0 Å². The van der Waals surface area contributed by atoms with E-state index >= 15 is 0 Å². The number of carbonyl (C=O) groups excluding carboxylic acids is 1. The van der Waals surface area contributed by atoms with E-state index < -0.39 is 28.8 Å². The van der Waals surface area contributed by atoms with Crippen LogP contribution in [0.1, 0.15) is 5.56 Å². The van der Waals surface area contributed by atoms with Gasteiger partial charge < -0.3 is 15.6 Å². The number of ether oxygens (including phenoxy) is 1. The van der Waals surface area contributed by atoms with Crippen LogP contribution in [-0.4, -0.2) is 50.5 Å². The minimum Gasteiger partial charge on any atom is -0.457 e. The molecular formula is C18H23N3O5S. The molecular weight excluding hydrogens is 370 g/mol. The Morgan fingerprint density at radius 2 is 1.56 bits per heavy atom. The van der Waals surface area contributed by atoms with E-state index in [1.54, 1.807) is 12.1 Å². The van der Waals surface area contributed by atoms with Gasteiger partial charge in [-0.3, -0.25) is 9.10 Å². The van der Waals surface area contributed by atoms with Crippen LogP contribution >= 0.6 is 0 Å². The van der Waals surface area contributed by atoms with Crippen molar-refractivity contribution in [2.75, 3.05) is 24.9 Å².